The van der Waals surface area contributed by atoms with Gasteiger partial charge in [-0.2, -0.15) is 0 Å². The number of ether oxygens (including phenoxy) is 1. The van der Waals surface area contributed by atoms with Crippen LogP contribution in [0.4, 0.5) is 5.69 Å². The number of hydrogen-bond acceptors (Lipinski definition) is 4. The van der Waals surface area contributed by atoms with Crippen LogP contribution in [0, 0.1) is 0 Å². The summed E-state index contributed by atoms with van der Waals surface area (Å²) >= 11 is 6.24. The highest BCUT2D eigenvalue weighted by molar-refractivity contribution is 6.33. The molecule has 1 amide bonds. The average molecular weight is 424 g/mol. The number of anilines is 1. The summed E-state index contributed by atoms with van der Waals surface area (Å²) < 4.78 is 5.37. The van der Waals surface area contributed by atoms with Crippen molar-refractivity contribution in [3.05, 3.63) is 58.6 Å². The maximum absolute atomic E-state index is 12.7. The molecule has 28 heavy (non-hydrogen) atoms. The molecule has 0 aromatic heterocycles. The molecule has 1 atom stereocenters. The molecule has 1 unspecified atom stereocenters. The van der Waals surface area contributed by atoms with Crippen molar-refractivity contribution < 1.29 is 9.53 Å². The molecule has 2 N–H and O–H groups in total. The van der Waals surface area contributed by atoms with Crippen LogP contribution in [0.25, 0.3) is 0 Å². The van der Waals surface area contributed by atoms with Gasteiger partial charge in [0, 0.05) is 32.2 Å². The lowest BCUT2D eigenvalue weighted by Gasteiger charge is -2.25. The highest BCUT2D eigenvalue weighted by Crippen LogP contribution is 2.30. The summed E-state index contributed by atoms with van der Waals surface area (Å²) in [6.07, 6.45) is 2.24. The van der Waals surface area contributed by atoms with Crippen LogP contribution in [0.3, 0.4) is 0 Å². The van der Waals surface area contributed by atoms with E-state index in [2.05, 4.69) is 39.8 Å². The van der Waals surface area contributed by atoms with Crippen molar-refractivity contribution in [2.75, 3.05) is 32.6 Å². The summed E-state index contributed by atoms with van der Waals surface area (Å²) in [5, 5.41) is 6.54. The third-order valence-electron chi connectivity index (χ3n) is 5.03. The van der Waals surface area contributed by atoms with Crippen molar-refractivity contribution in [1.29, 1.82) is 0 Å². The van der Waals surface area contributed by atoms with Gasteiger partial charge >= 0.3 is 0 Å². The molecule has 0 saturated carbocycles. The van der Waals surface area contributed by atoms with E-state index in [1.807, 2.05) is 6.07 Å². The van der Waals surface area contributed by atoms with Crippen molar-refractivity contribution in [3.8, 4) is 5.75 Å². The molecule has 1 saturated heterocycles. The van der Waals surface area contributed by atoms with Crippen LogP contribution in [-0.2, 0) is 6.54 Å². The molecule has 1 aliphatic heterocycles. The predicted molar refractivity (Wildman–Crippen MR) is 117 cm³/mol. The molecule has 0 aliphatic carbocycles. The van der Waals surface area contributed by atoms with Gasteiger partial charge in [-0.1, -0.05) is 41.9 Å². The third-order valence-corrected chi connectivity index (χ3v) is 5.34. The maximum Gasteiger partial charge on any atom is 0.255 e. The molecule has 1 fully saturated rings. The largest absolute Gasteiger partial charge is 0.496 e. The number of carbonyl (C=O) groups excluding carboxylic acids is 1. The number of carbonyl (C=O) groups is 1. The zero-order valence-corrected chi connectivity index (χ0v) is 17.8. The van der Waals surface area contributed by atoms with E-state index in [-0.39, 0.29) is 18.3 Å². The van der Waals surface area contributed by atoms with E-state index in [0.717, 1.165) is 31.6 Å². The Morgan fingerprint density at radius 2 is 2.04 bits per heavy atom. The monoisotopic (exact) mass is 423 g/mol. The van der Waals surface area contributed by atoms with Crippen molar-refractivity contribution in [2.24, 2.45) is 0 Å². The van der Waals surface area contributed by atoms with Gasteiger partial charge in [-0.25, -0.2) is 0 Å². The summed E-state index contributed by atoms with van der Waals surface area (Å²) in [6, 6.07) is 14.2. The minimum atomic E-state index is -0.164. The number of benzene rings is 2. The molecule has 152 valence electrons. The summed E-state index contributed by atoms with van der Waals surface area (Å²) in [5.74, 6) is 0.344. The van der Waals surface area contributed by atoms with E-state index in [0.29, 0.717) is 28.9 Å². The molecular weight excluding hydrogens is 397 g/mol. The van der Waals surface area contributed by atoms with Crippen LogP contribution in [0.15, 0.2) is 42.5 Å². The molecule has 5 nitrogen and oxygen atoms in total. The minimum absolute atomic E-state index is 0. The Bertz CT molecular complexity index is 787. The standard InChI is InChI=1S/C21H26ClN3O2.ClH/c1-23-19-12-20(27-2)17(11-18(19)22)21(26)24-13-16-9-6-10-25(16)14-15-7-4-3-5-8-15;/h3-5,7-8,11-12,16,23H,6,9-10,13-14H2,1-2H3,(H,24,26);1H. The fourth-order valence-electron chi connectivity index (χ4n) is 3.55. The van der Waals surface area contributed by atoms with Gasteiger partial charge in [-0.05, 0) is 31.0 Å². The highest BCUT2D eigenvalue weighted by atomic mass is 35.5. The number of hydrogen-bond donors (Lipinski definition) is 2. The Balaban J connectivity index is 0.00000280. The summed E-state index contributed by atoms with van der Waals surface area (Å²) in [6.45, 7) is 2.58. The Kier molecular flexibility index (Phi) is 8.42. The maximum atomic E-state index is 12.7. The first kappa shape index (κ1) is 22.3. The van der Waals surface area contributed by atoms with E-state index in [4.69, 9.17) is 16.3 Å². The second-order valence-electron chi connectivity index (χ2n) is 6.74. The van der Waals surface area contributed by atoms with Gasteiger partial charge in [0.1, 0.15) is 5.75 Å². The smallest absolute Gasteiger partial charge is 0.255 e. The van der Waals surface area contributed by atoms with Gasteiger partial charge in [-0.15, -0.1) is 12.4 Å². The Hall–Kier alpha value is -1.95. The average Bonchev–Trinajstić information content (AvgIpc) is 3.13. The lowest BCUT2D eigenvalue weighted by atomic mass is 10.1. The van der Waals surface area contributed by atoms with E-state index in [1.54, 1.807) is 26.3 Å². The molecule has 1 heterocycles. The van der Waals surface area contributed by atoms with E-state index < -0.39 is 0 Å². The number of halogens is 2. The summed E-state index contributed by atoms with van der Waals surface area (Å²) in [7, 11) is 3.33. The van der Waals surface area contributed by atoms with Gasteiger partial charge in [0.05, 0.1) is 23.4 Å². The fourth-order valence-corrected chi connectivity index (χ4v) is 3.81. The van der Waals surface area contributed by atoms with Gasteiger partial charge in [-0.3, -0.25) is 9.69 Å². The number of nitrogens with one attached hydrogen (secondary N) is 2. The van der Waals surface area contributed by atoms with Crippen molar-refractivity contribution in [2.45, 2.75) is 25.4 Å². The minimum Gasteiger partial charge on any atom is -0.496 e. The highest BCUT2D eigenvalue weighted by Gasteiger charge is 2.25. The van der Waals surface area contributed by atoms with Gasteiger partial charge in [0.25, 0.3) is 5.91 Å². The van der Waals surface area contributed by atoms with Gasteiger partial charge in [0.15, 0.2) is 0 Å². The number of amides is 1. The second kappa shape index (κ2) is 10.6. The number of rotatable bonds is 7. The first-order valence-electron chi connectivity index (χ1n) is 9.24. The third kappa shape index (κ3) is 5.31. The normalized spacial score (nSPS) is 16.3. The molecule has 0 radical (unpaired) electrons. The summed E-state index contributed by atoms with van der Waals surface area (Å²) in [5.41, 5.74) is 2.48. The van der Waals surface area contributed by atoms with Crippen LogP contribution in [0.5, 0.6) is 5.75 Å². The van der Waals surface area contributed by atoms with E-state index in [9.17, 15) is 4.79 Å². The molecule has 2 aromatic rings. The van der Waals surface area contributed by atoms with Crippen molar-refractivity contribution in [3.63, 3.8) is 0 Å². The van der Waals surface area contributed by atoms with E-state index >= 15 is 0 Å². The second-order valence-corrected chi connectivity index (χ2v) is 7.15. The molecule has 1 aliphatic rings. The number of methoxy groups -OCH3 is 1. The lowest BCUT2D eigenvalue weighted by Crippen LogP contribution is -2.39. The van der Waals surface area contributed by atoms with Gasteiger partial charge in [0.2, 0.25) is 0 Å². The van der Waals surface area contributed by atoms with Crippen molar-refractivity contribution in [1.82, 2.24) is 10.2 Å². The van der Waals surface area contributed by atoms with Crippen molar-refractivity contribution >= 4 is 35.6 Å². The first-order valence-corrected chi connectivity index (χ1v) is 9.61. The molecular formula is C21H27Cl2N3O2. The van der Waals surface area contributed by atoms with Crippen LogP contribution in [-0.4, -0.2) is 44.1 Å². The topological polar surface area (TPSA) is 53.6 Å². The van der Waals surface area contributed by atoms with Crippen LogP contribution >= 0.6 is 24.0 Å². The quantitative estimate of drug-likeness (QED) is 0.700. The number of likely N-dealkylation sites (tertiary alicyclic amines) is 1. The molecule has 2 aromatic carbocycles. The fraction of sp³-hybridized carbons (Fsp3) is 0.381. The first-order chi connectivity index (χ1) is 13.1. The predicted octanol–water partition coefficient (Wildman–Crippen LogP) is 4.21. The van der Waals surface area contributed by atoms with E-state index in [1.165, 1.54) is 5.56 Å². The van der Waals surface area contributed by atoms with Crippen LogP contribution in [0.2, 0.25) is 5.02 Å². The number of nitrogens with zero attached hydrogens (tertiary/aromatic N) is 1. The molecule has 3 rings (SSSR count). The molecule has 0 spiro atoms. The lowest BCUT2D eigenvalue weighted by molar-refractivity contribution is 0.0937. The SMILES string of the molecule is CNc1cc(OC)c(C(=O)NCC2CCCN2Cc2ccccc2)cc1Cl.Cl. The Labute approximate surface area is 177 Å². The zero-order chi connectivity index (χ0) is 19.2. The molecule has 7 heteroatoms. The Morgan fingerprint density at radius 3 is 2.71 bits per heavy atom. The van der Waals surface area contributed by atoms with Crippen LogP contribution < -0.4 is 15.4 Å². The zero-order valence-electron chi connectivity index (χ0n) is 16.2. The summed E-state index contributed by atoms with van der Waals surface area (Å²) in [4.78, 5) is 15.1. The van der Waals surface area contributed by atoms with Crippen LogP contribution in [0.1, 0.15) is 28.8 Å². The Morgan fingerprint density at radius 1 is 1.29 bits per heavy atom. The van der Waals surface area contributed by atoms with Gasteiger partial charge < -0.3 is 15.4 Å². The molecule has 0 bridgehead atoms.